The SMILES string of the molecule is CC(O[Si](C)(C)C)C1CC(O[Si](C)(C)C)C(=O)O1. The van der Waals surface area contributed by atoms with E-state index in [1.54, 1.807) is 0 Å². The number of esters is 1. The molecule has 0 radical (unpaired) electrons. The van der Waals surface area contributed by atoms with Crippen LogP contribution in [0.3, 0.4) is 0 Å². The fourth-order valence-corrected chi connectivity index (χ4v) is 4.34. The molecule has 0 amide bonds. The molecule has 1 saturated heterocycles. The van der Waals surface area contributed by atoms with Gasteiger partial charge in [0, 0.05) is 6.42 Å². The largest absolute Gasteiger partial charge is 0.458 e. The lowest BCUT2D eigenvalue weighted by molar-refractivity contribution is -0.149. The van der Waals surface area contributed by atoms with Crippen LogP contribution >= 0.6 is 0 Å². The number of ether oxygens (including phenoxy) is 1. The maximum absolute atomic E-state index is 11.8. The summed E-state index contributed by atoms with van der Waals surface area (Å²) in [4.78, 5) is 11.8. The van der Waals surface area contributed by atoms with Crippen LogP contribution in [0.25, 0.3) is 0 Å². The smallest absolute Gasteiger partial charge is 0.334 e. The van der Waals surface area contributed by atoms with E-state index in [1.807, 2.05) is 6.92 Å². The molecule has 0 bridgehead atoms. The number of hydrogen-bond donors (Lipinski definition) is 0. The van der Waals surface area contributed by atoms with Gasteiger partial charge in [-0.3, -0.25) is 0 Å². The number of carbonyl (C=O) groups is 1. The zero-order valence-electron chi connectivity index (χ0n) is 12.6. The van der Waals surface area contributed by atoms with Gasteiger partial charge in [0.15, 0.2) is 16.6 Å². The Labute approximate surface area is 112 Å². The highest BCUT2D eigenvalue weighted by molar-refractivity contribution is 6.70. The van der Waals surface area contributed by atoms with Gasteiger partial charge in [0.2, 0.25) is 0 Å². The van der Waals surface area contributed by atoms with Crippen LogP contribution in [0.1, 0.15) is 13.3 Å². The first-order valence-corrected chi connectivity index (χ1v) is 13.4. The topological polar surface area (TPSA) is 44.8 Å². The molecule has 1 heterocycles. The summed E-state index contributed by atoms with van der Waals surface area (Å²) >= 11 is 0. The van der Waals surface area contributed by atoms with Gasteiger partial charge in [0.1, 0.15) is 12.2 Å². The molecule has 1 aliphatic rings. The van der Waals surface area contributed by atoms with Crippen molar-refractivity contribution in [2.45, 2.75) is 70.9 Å². The third kappa shape index (κ3) is 5.21. The second-order valence-electron chi connectivity index (χ2n) is 6.87. The van der Waals surface area contributed by atoms with E-state index in [-0.39, 0.29) is 18.2 Å². The van der Waals surface area contributed by atoms with Crippen molar-refractivity contribution in [2.75, 3.05) is 0 Å². The molecule has 0 aliphatic carbocycles. The fourth-order valence-electron chi connectivity index (χ4n) is 2.02. The van der Waals surface area contributed by atoms with Crippen LogP contribution in [0.5, 0.6) is 0 Å². The highest BCUT2D eigenvalue weighted by atomic mass is 28.4. The summed E-state index contributed by atoms with van der Waals surface area (Å²) in [7, 11) is -3.31. The molecule has 0 aromatic heterocycles. The number of cyclic esters (lactones) is 1. The highest BCUT2D eigenvalue weighted by Crippen LogP contribution is 2.26. The fraction of sp³-hybridized carbons (Fsp3) is 0.917. The molecule has 18 heavy (non-hydrogen) atoms. The summed E-state index contributed by atoms with van der Waals surface area (Å²) in [5.41, 5.74) is 0. The minimum absolute atomic E-state index is 0.0455. The normalized spacial score (nSPS) is 27.2. The Morgan fingerprint density at radius 3 is 2.17 bits per heavy atom. The summed E-state index contributed by atoms with van der Waals surface area (Å²) in [6.07, 6.45) is 0.0187. The molecule has 0 spiro atoms. The Morgan fingerprint density at radius 1 is 1.17 bits per heavy atom. The van der Waals surface area contributed by atoms with Crippen LogP contribution in [-0.4, -0.2) is 40.9 Å². The molecule has 3 unspecified atom stereocenters. The number of hydrogen-bond acceptors (Lipinski definition) is 4. The van der Waals surface area contributed by atoms with Gasteiger partial charge in [-0.1, -0.05) is 0 Å². The van der Waals surface area contributed by atoms with E-state index in [2.05, 4.69) is 39.3 Å². The number of rotatable bonds is 5. The first kappa shape index (κ1) is 15.9. The van der Waals surface area contributed by atoms with E-state index in [4.69, 9.17) is 13.6 Å². The average molecular weight is 291 g/mol. The molecule has 1 aliphatic heterocycles. The maximum Gasteiger partial charge on any atom is 0.334 e. The van der Waals surface area contributed by atoms with E-state index in [0.717, 1.165) is 0 Å². The Hall–Kier alpha value is -0.176. The second-order valence-corrected chi connectivity index (χ2v) is 15.8. The summed E-state index contributed by atoms with van der Waals surface area (Å²) in [6.45, 7) is 14.6. The summed E-state index contributed by atoms with van der Waals surface area (Å²) in [5.74, 6) is -0.228. The molecule has 0 aromatic rings. The minimum Gasteiger partial charge on any atom is -0.458 e. The van der Waals surface area contributed by atoms with Crippen LogP contribution in [0.15, 0.2) is 0 Å². The van der Waals surface area contributed by atoms with Crippen LogP contribution < -0.4 is 0 Å². The summed E-state index contributed by atoms with van der Waals surface area (Å²) in [5, 5.41) is 0. The minimum atomic E-state index is -1.71. The van der Waals surface area contributed by atoms with Gasteiger partial charge in [-0.2, -0.15) is 0 Å². The average Bonchev–Trinajstić information content (AvgIpc) is 2.42. The van der Waals surface area contributed by atoms with Crippen LogP contribution in [0.4, 0.5) is 0 Å². The predicted octanol–water partition coefficient (Wildman–Crippen LogP) is 2.76. The van der Waals surface area contributed by atoms with Gasteiger partial charge in [-0.05, 0) is 46.2 Å². The monoisotopic (exact) mass is 290 g/mol. The van der Waals surface area contributed by atoms with E-state index in [1.165, 1.54) is 0 Å². The molecule has 106 valence electrons. The Morgan fingerprint density at radius 2 is 1.72 bits per heavy atom. The lowest BCUT2D eigenvalue weighted by Gasteiger charge is -2.27. The first-order valence-electron chi connectivity index (χ1n) is 6.54. The van der Waals surface area contributed by atoms with E-state index < -0.39 is 22.7 Å². The van der Waals surface area contributed by atoms with Gasteiger partial charge in [-0.25, -0.2) is 4.79 Å². The Balaban J connectivity index is 2.56. The molecular formula is C12H26O4Si2. The molecule has 4 nitrogen and oxygen atoms in total. The maximum atomic E-state index is 11.8. The van der Waals surface area contributed by atoms with Gasteiger partial charge in [0.25, 0.3) is 0 Å². The highest BCUT2D eigenvalue weighted by Gasteiger charge is 2.41. The lowest BCUT2D eigenvalue weighted by atomic mass is 10.1. The third-order valence-electron chi connectivity index (χ3n) is 2.54. The van der Waals surface area contributed by atoms with Gasteiger partial charge < -0.3 is 13.6 Å². The molecule has 1 fully saturated rings. The lowest BCUT2D eigenvalue weighted by Crippen LogP contribution is -2.37. The van der Waals surface area contributed by atoms with Crippen LogP contribution in [0, 0.1) is 0 Å². The zero-order chi connectivity index (χ0) is 14.1. The quantitative estimate of drug-likeness (QED) is 0.577. The summed E-state index contributed by atoms with van der Waals surface area (Å²) in [6, 6.07) is 0. The van der Waals surface area contributed by atoms with Gasteiger partial charge >= 0.3 is 5.97 Å². The third-order valence-corrected chi connectivity index (χ3v) is 4.61. The zero-order valence-corrected chi connectivity index (χ0v) is 14.6. The van der Waals surface area contributed by atoms with E-state index >= 15 is 0 Å². The molecule has 6 heteroatoms. The summed E-state index contributed by atoms with van der Waals surface area (Å²) < 4.78 is 17.2. The van der Waals surface area contributed by atoms with Gasteiger partial charge in [0.05, 0.1) is 6.10 Å². The van der Waals surface area contributed by atoms with Crippen molar-refractivity contribution in [3.63, 3.8) is 0 Å². The van der Waals surface area contributed by atoms with Gasteiger partial charge in [-0.15, -0.1) is 0 Å². The van der Waals surface area contributed by atoms with Crippen molar-refractivity contribution in [2.24, 2.45) is 0 Å². The molecule has 0 N–H and O–H groups in total. The Kier molecular flexibility index (Phi) is 4.80. The molecule has 0 aromatic carbocycles. The number of carbonyl (C=O) groups excluding carboxylic acids is 1. The molecular weight excluding hydrogens is 264 g/mol. The van der Waals surface area contributed by atoms with E-state index in [0.29, 0.717) is 6.42 Å². The van der Waals surface area contributed by atoms with Crippen molar-refractivity contribution >= 4 is 22.6 Å². The first-order chi connectivity index (χ1) is 7.98. The van der Waals surface area contributed by atoms with Crippen LogP contribution in [-0.2, 0) is 18.4 Å². The second kappa shape index (κ2) is 5.44. The van der Waals surface area contributed by atoms with Crippen molar-refractivity contribution in [1.29, 1.82) is 0 Å². The van der Waals surface area contributed by atoms with Crippen molar-refractivity contribution in [1.82, 2.24) is 0 Å². The molecule has 0 saturated carbocycles. The van der Waals surface area contributed by atoms with E-state index in [9.17, 15) is 4.79 Å². The van der Waals surface area contributed by atoms with Crippen LogP contribution in [0.2, 0.25) is 39.3 Å². The van der Waals surface area contributed by atoms with Crippen molar-refractivity contribution in [3.8, 4) is 0 Å². The molecule has 1 rings (SSSR count). The van der Waals surface area contributed by atoms with Crippen molar-refractivity contribution < 1.29 is 18.4 Å². The standard InChI is InChI=1S/C12H26O4Si2/c1-9(15-17(2,3)4)10-8-11(12(13)14-10)16-18(5,6)7/h9-11H,8H2,1-7H3. The van der Waals surface area contributed by atoms with Crippen molar-refractivity contribution in [3.05, 3.63) is 0 Å². The predicted molar refractivity (Wildman–Crippen MR) is 76.6 cm³/mol. The Bertz CT molecular complexity index is 306. The molecule has 3 atom stereocenters.